The molecule has 0 spiro atoms. The number of carbonyl (C=O) groups excluding carboxylic acids is 2. The Morgan fingerprint density at radius 3 is 2.60 bits per heavy atom. The molecule has 35 heavy (non-hydrogen) atoms. The molecule has 1 aromatic heterocycles. The average molecular weight is 488 g/mol. The Bertz CT molecular complexity index is 1450. The van der Waals surface area contributed by atoms with E-state index in [4.69, 9.17) is 11.6 Å². The monoisotopic (exact) mass is 487 g/mol. The quantitative estimate of drug-likeness (QED) is 0.445. The molecule has 2 atom stereocenters. The Morgan fingerprint density at radius 2 is 1.80 bits per heavy atom. The number of nitrogens with one attached hydrogen (secondary N) is 1. The summed E-state index contributed by atoms with van der Waals surface area (Å²) >= 11 is 6.33. The second-order valence-corrected chi connectivity index (χ2v) is 9.61. The van der Waals surface area contributed by atoms with Crippen molar-refractivity contribution < 1.29 is 14.0 Å². The van der Waals surface area contributed by atoms with Gasteiger partial charge in [0.05, 0.1) is 12.6 Å². The second-order valence-electron chi connectivity index (χ2n) is 9.18. The smallest absolute Gasteiger partial charge is 0.246 e. The van der Waals surface area contributed by atoms with Crippen LogP contribution in [0.15, 0.2) is 72.8 Å². The molecule has 7 heteroatoms. The van der Waals surface area contributed by atoms with Gasteiger partial charge in [0, 0.05) is 34.6 Å². The van der Waals surface area contributed by atoms with Gasteiger partial charge in [-0.05, 0) is 53.4 Å². The SMILES string of the molecule is O=C1[C@@H]2Cc3c([nH]c4ccccc34)[C@@H](c3cccc(Cl)c3)N2C(=O)CN1CCc1ccc(F)cc1. The first-order valence-corrected chi connectivity index (χ1v) is 12.1. The molecule has 6 rings (SSSR count). The van der Waals surface area contributed by atoms with Gasteiger partial charge in [0.15, 0.2) is 0 Å². The number of hydrogen-bond acceptors (Lipinski definition) is 2. The Balaban J connectivity index is 1.38. The molecule has 2 aliphatic rings. The van der Waals surface area contributed by atoms with Crippen molar-refractivity contribution >= 4 is 34.3 Å². The molecule has 3 aromatic carbocycles. The molecule has 0 saturated carbocycles. The summed E-state index contributed by atoms with van der Waals surface area (Å²) in [6.07, 6.45) is 1.01. The van der Waals surface area contributed by atoms with Crippen molar-refractivity contribution in [1.29, 1.82) is 0 Å². The minimum Gasteiger partial charge on any atom is -0.356 e. The van der Waals surface area contributed by atoms with Crippen LogP contribution in [0, 0.1) is 5.82 Å². The molecule has 0 bridgehead atoms. The number of carbonyl (C=O) groups is 2. The number of aromatic nitrogens is 1. The number of H-pyrrole nitrogens is 1. The zero-order valence-corrected chi connectivity index (χ0v) is 19.6. The van der Waals surface area contributed by atoms with E-state index in [1.165, 1.54) is 12.1 Å². The van der Waals surface area contributed by atoms with E-state index in [9.17, 15) is 14.0 Å². The van der Waals surface area contributed by atoms with E-state index in [1.807, 2.05) is 36.4 Å². The van der Waals surface area contributed by atoms with Crippen LogP contribution in [0.3, 0.4) is 0 Å². The van der Waals surface area contributed by atoms with Crippen molar-refractivity contribution in [1.82, 2.24) is 14.8 Å². The van der Waals surface area contributed by atoms with Crippen LogP contribution < -0.4 is 0 Å². The molecular weight excluding hydrogens is 465 g/mol. The fourth-order valence-corrected chi connectivity index (χ4v) is 5.65. The molecule has 2 amide bonds. The predicted octanol–water partition coefficient (Wildman–Crippen LogP) is 4.89. The van der Waals surface area contributed by atoms with Crippen LogP contribution in [0.1, 0.15) is 28.4 Å². The Labute approximate surface area is 207 Å². The van der Waals surface area contributed by atoms with Crippen molar-refractivity contribution in [2.24, 2.45) is 0 Å². The van der Waals surface area contributed by atoms with Crippen molar-refractivity contribution in [3.05, 3.63) is 106 Å². The van der Waals surface area contributed by atoms with Crippen molar-refractivity contribution in [3.8, 4) is 0 Å². The molecule has 4 aromatic rings. The third kappa shape index (κ3) is 3.78. The first kappa shape index (κ1) is 21.9. The van der Waals surface area contributed by atoms with E-state index < -0.39 is 12.1 Å². The number of rotatable bonds is 4. The number of halogens is 2. The van der Waals surface area contributed by atoms with Crippen molar-refractivity contribution in [3.63, 3.8) is 0 Å². The van der Waals surface area contributed by atoms with E-state index in [2.05, 4.69) is 11.1 Å². The van der Waals surface area contributed by atoms with Crippen molar-refractivity contribution in [2.45, 2.75) is 24.9 Å². The largest absolute Gasteiger partial charge is 0.356 e. The molecule has 5 nitrogen and oxygen atoms in total. The van der Waals surface area contributed by atoms with E-state index in [-0.39, 0.29) is 24.2 Å². The first-order chi connectivity index (χ1) is 17.0. The number of hydrogen-bond donors (Lipinski definition) is 1. The maximum Gasteiger partial charge on any atom is 0.246 e. The molecule has 1 saturated heterocycles. The van der Waals surface area contributed by atoms with Gasteiger partial charge in [0.2, 0.25) is 11.8 Å². The first-order valence-electron chi connectivity index (χ1n) is 11.7. The zero-order chi connectivity index (χ0) is 24.1. The number of amides is 2. The Hall–Kier alpha value is -3.64. The van der Waals surface area contributed by atoms with Gasteiger partial charge >= 0.3 is 0 Å². The maximum atomic E-state index is 13.7. The number of piperazine rings is 1. The molecule has 3 heterocycles. The number of benzene rings is 3. The highest BCUT2D eigenvalue weighted by Gasteiger charge is 2.48. The highest BCUT2D eigenvalue weighted by atomic mass is 35.5. The van der Waals surface area contributed by atoms with Crippen LogP contribution in [0.4, 0.5) is 4.39 Å². The van der Waals surface area contributed by atoms with Crippen LogP contribution in [0.25, 0.3) is 10.9 Å². The predicted molar refractivity (Wildman–Crippen MR) is 133 cm³/mol. The highest BCUT2D eigenvalue weighted by Crippen LogP contribution is 2.42. The lowest BCUT2D eigenvalue weighted by atomic mass is 9.86. The third-order valence-electron chi connectivity index (χ3n) is 7.09. The lowest BCUT2D eigenvalue weighted by molar-refractivity contribution is -0.158. The lowest BCUT2D eigenvalue weighted by Gasteiger charge is -2.47. The summed E-state index contributed by atoms with van der Waals surface area (Å²) in [7, 11) is 0. The number of para-hydroxylation sites is 1. The topological polar surface area (TPSA) is 56.4 Å². The molecule has 1 N–H and O–H groups in total. The van der Waals surface area contributed by atoms with Crippen molar-refractivity contribution in [2.75, 3.05) is 13.1 Å². The van der Waals surface area contributed by atoms with Gasteiger partial charge in [-0.25, -0.2) is 4.39 Å². The van der Waals surface area contributed by atoms with Gasteiger partial charge in [-0.3, -0.25) is 9.59 Å². The molecule has 176 valence electrons. The summed E-state index contributed by atoms with van der Waals surface area (Å²) in [5, 5.41) is 1.65. The molecule has 0 aliphatic carbocycles. The summed E-state index contributed by atoms with van der Waals surface area (Å²) < 4.78 is 13.3. The van der Waals surface area contributed by atoms with Gasteiger partial charge < -0.3 is 14.8 Å². The number of aromatic amines is 1. The molecule has 0 unspecified atom stereocenters. The van der Waals surface area contributed by atoms with Gasteiger partial charge in [-0.2, -0.15) is 0 Å². The minimum atomic E-state index is -0.597. The summed E-state index contributed by atoms with van der Waals surface area (Å²) in [5.74, 6) is -0.449. The Kier molecular flexibility index (Phi) is 5.33. The minimum absolute atomic E-state index is 0.0170. The molecular formula is C28H23ClFN3O2. The van der Waals surface area contributed by atoms with Gasteiger partial charge in [0.25, 0.3) is 0 Å². The maximum absolute atomic E-state index is 13.7. The number of fused-ring (bicyclic) bond motifs is 4. The third-order valence-corrected chi connectivity index (χ3v) is 7.33. The summed E-state index contributed by atoms with van der Waals surface area (Å²) in [6.45, 7) is 0.423. The normalized spacial score (nSPS) is 19.7. The van der Waals surface area contributed by atoms with Gasteiger partial charge in [-0.15, -0.1) is 0 Å². The van der Waals surface area contributed by atoms with E-state index in [1.54, 1.807) is 28.0 Å². The molecule has 1 fully saturated rings. The van der Waals surface area contributed by atoms with Gasteiger partial charge in [-0.1, -0.05) is 54.1 Å². The van der Waals surface area contributed by atoms with Crippen LogP contribution in [-0.4, -0.2) is 45.7 Å². The summed E-state index contributed by atoms with van der Waals surface area (Å²) in [6, 6.07) is 20.7. The van der Waals surface area contributed by atoms with Gasteiger partial charge in [0.1, 0.15) is 11.9 Å². The lowest BCUT2D eigenvalue weighted by Crippen LogP contribution is -2.63. The summed E-state index contributed by atoms with van der Waals surface area (Å²) in [4.78, 5) is 34.2. The van der Waals surface area contributed by atoms with Crippen LogP contribution >= 0.6 is 11.6 Å². The number of nitrogens with zero attached hydrogens (tertiary/aromatic N) is 2. The average Bonchev–Trinajstić information content (AvgIpc) is 3.23. The van der Waals surface area contributed by atoms with E-state index in [0.29, 0.717) is 24.4 Å². The van der Waals surface area contributed by atoms with E-state index >= 15 is 0 Å². The molecule has 2 aliphatic heterocycles. The Morgan fingerprint density at radius 1 is 1.00 bits per heavy atom. The second kappa shape index (κ2) is 8.54. The summed E-state index contributed by atoms with van der Waals surface area (Å²) in [5.41, 5.74) is 4.78. The fraction of sp³-hybridized carbons (Fsp3) is 0.214. The standard InChI is InChI=1S/C28H23ClFN3O2/c29-19-5-3-4-18(14-19)27-26-22(21-6-1-2-7-23(21)31-26)15-24-28(35)32(16-25(34)33(24)27)13-12-17-8-10-20(30)11-9-17/h1-11,14,24,27,31H,12-13,15-16H2/t24-,27+/m0/s1. The zero-order valence-electron chi connectivity index (χ0n) is 18.9. The molecule has 0 radical (unpaired) electrons. The van der Waals surface area contributed by atoms with Crippen LogP contribution in [0.2, 0.25) is 5.02 Å². The van der Waals surface area contributed by atoms with Crippen LogP contribution in [-0.2, 0) is 22.4 Å². The fourth-order valence-electron chi connectivity index (χ4n) is 5.45. The van der Waals surface area contributed by atoms with Crippen LogP contribution in [0.5, 0.6) is 0 Å². The van der Waals surface area contributed by atoms with E-state index in [0.717, 1.165) is 33.3 Å². The highest BCUT2D eigenvalue weighted by molar-refractivity contribution is 6.30.